The Morgan fingerprint density at radius 3 is 2.85 bits per heavy atom. The highest BCUT2D eigenvalue weighted by Crippen LogP contribution is 2.28. The SMILES string of the molecule is NNc1ncc(Cl)c(Nc2cccc3ncccc23)n1. The van der Waals surface area contributed by atoms with E-state index in [1.807, 2.05) is 30.3 Å². The summed E-state index contributed by atoms with van der Waals surface area (Å²) in [5.74, 6) is 6.06. The predicted octanol–water partition coefficient (Wildman–Crippen LogP) is 2.71. The van der Waals surface area contributed by atoms with E-state index in [0.717, 1.165) is 16.6 Å². The number of nitrogens with two attached hydrogens (primary N) is 1. The number of anilines is 3. The van der Waals surface area contributed by atoms with E-state index in [1.165, 1.54) is 6.20 Å². The van der Waals surface area contributed by atoms with Crippen molar-refractivity contribution in [2.24, 2.45) is 5.84 Å². The lowest BCUT2D eigenvalue weighted by atomic mass is 10.2. The van der Waals surface area contributed by atoms with E-state index in [4.69, 9.17) is 17.4 Å². The molecule has 0 aliphatic carbocycles. The van der Waals surface area contributed by atoms with Crippen LogP contribution in [0, 0.1) is 0 Å². The summed E-state index contributed by atoms with van der Waals surface area (Å²) in [7, 11) is 0. The molecule has 0 bridgehead atoms. The van der Waals surface area contributed by atoms with Gasteiger partial charge in [-0.25, -0.2) is 10.8 Å². The fourth-order valence-corrected chi connectivity index (χ4v) is 2.00. The van der Waals surface area contributed by atoms with Crippen LogP contribution >= 0.6 is 11.6 Å². The van der Waals surface area contributed by atoms with Crippen LogP contribution in [0.4, 0.5) is 17.5 Å². The van der Waals surface area contributed by atoms with Crippen molar-refractivity contribution in [3.05, 3.63) is 47.7 Å². The molecular formula is C13H11ClN6. The number of halogens is 1. The number of hydrazine groups is 1. The highest BCUT2D eigenvalue weighted by Gasteiger charge is 2.07. The summed E-state index contributed by atoms with van der Waals surface area (Å²) in [6.07, 6.45) is 3.23. The number of pyridine rings is 1. The quantitative estimate of drug-likeness (QED) is 0.507. The topological polar surface area (TPSA) is 88.8 Å². The molecule has 100 valence electrons. The van der Waals surface area contributed by atoms with Gasteiger partial charge in [-0.3, -0.25) is 10.4 Å². The third-order valence-electron chi connectivity index (χ3n) is 2.77. The van der Waals surface area contributed by atoms with E-state index < -0.39 is 0 Å². The molecule has 2 aromatic heterocycles. The molecule has 0 amide bonds. The van der Waals surface area contributed by atoms with E-state index in [0.29, 0.717) is 10.8 Å². The van der Waals surface area contributed by atoms with Crippen molar-refractivity contribution < 1.29 is 0 Å². The summed E-state index contributed by atoms with van der Waals surface area (Å²) < 4.78 is 0. The molecule has 20 heavy (non-hydrogen) atoms. The van der Waals surface area contributed by atoms with Crippen molar-refractivity contribution in [1.82, 2.24) is 15.0 Å². The largest absolute Gasteiger partial charge is 0.338 e. The fraction of sp³-hybridized carbons (Fsp3) is 0. The van der Waals surface area contributed by atoms with E-state index >= 15 is 0 Å². The van der Waals surface area contributed by atoms with Gasteiger partial charge in [-0.15, -0.1) is 0 Å². The van der Waals surface area contributed by atoms with E-state index in [9.17, 15) is 0 Å². The molecule has 0 unspecified atom stereocenters. The van der Waals surface area contributed by atoms with E-state index in [1.54, 1.807) is 6.20 Å². The number of hydrogen-bond acceptors (Lipinski definition) is 6. The third-order valence-corrected chi connectivity index (χ3v) is 3.05. The summed E-state index contributed by atoms with van der Waals surface area (Å²) in [5.41, 5.74) is 4.13. The van der Waals surface area contributed by atoms with Gasteiger partial charge in [-0.2, -0.15) is 4.98 Å². The molecule has 0 aliphatic heterocycles. The first kappa shape index (κ1) is 12.6. The van der Waals surface area contributed by atoms with E-state index in [2.05, 4.69) is 25.7 Å². The van der Waals surface area contributed by atoms with Crippen LogP contribution in [-0.4, -0.2) is 15.0 Å². The van der Waals surface area contributed by atoms with Gasteiger partial charge in [0.05, 0.1) is 11.7 Å². The number of benzene rings is 1. The molecule has 0 saturated heterocycles. The molecule has 0 saturated carbocycles. The first-order chi connectivity index (χ1) is 9.78. The van der Waals surface area contributed by atoms with Gasteiger partial charge >= 0.3 is 0 Å². The molecule has 4 N–H and O–H groups in total. The Hall–Kier alpha value is -2.44. The summed E-state index contributed by atoms with van der Waals surface area (Å²) in [6, 6.07) is 9.63. The average molecular weight is 287 g/mol. The molecule has 0 fully saturated rings. The van der Waals surface area contributed by atoms with Crippen molar-refractivity contribution in [2.45, 2.75) is 0 Å². The van der Waals surface area contributed by atoms with Crippen molar-refractivity contribution in [1.29, 1.82) is 0 Å². The minimum absolute atomic E-state index is 0.287. The Balaban J connectivity index is 2.05. The van der Waals surface area contributed by atoms with E-state index in [-0.39, 0.29) is 5.95 Å². The zero-order valence-electron chi connectivity index (χ0n) is 10.3. The summed E-state index contributed by atoms with van der Waals surface area (Å²) >= 11 is 6.08. The van der Waals surface area contributed by atoms with Crippen LogP contribution in [0.1, 0.15) is 0 Å². The lowest BCUT2D eigenvalue weighted by Crippen LogP contribution is -2.11. The van der Waals surface area contributed by atoms with Crippen LogP contribution in [0.25, 0.3) is 10.9 Å². The molecule has 0 radical (unpaired) electrons. The van der Waals surface area contributed by atoms with Gasteiger partial charge in [0.2, 0.25) is 5.95 Å². The van der Waals surface area contributed by atoms with Gasteiger partial charge in [-0.05, 0) is 24.3 Å². The van der Waals surface area contributed by atoms with Crippen LogP contribution in [0.15, 0.2) is 42.7 Å². The third kappa shape index (κ3) is 2.34. The number of nitrogens with one attached hydrogen (secondary N) is 2. The highest BCUT2D eigenvalue weighted by atomic mass is 35.5. The molecule has 3 rings (SSSR count). The van der Waals surface area contributed by atoms with Crippen molar-refractivity contribution in [2.75, 3.05) is 10.7 Å². The summed E-state index contributed by atoms with van der Waals surface area (Å²) in [4.78, 5) is 12.4. The maximum Gasteiger partial charge on any atom is 0.239 e. The van der Waals surface area contributed by atoms with Crippen LogP contribution in [-0.2, 0) is 0 Å². The van der Waals surface area contributed by atoms with Gasteiger partial charge in [0, 0.05) is 17.3 Å². The molecule has 6 nitrogen and oxygen atoms in total. The van der Waals surface area contributed by atoms with Gasteiger partial charge < -0.3 is 5.32 Å². The monoisotopic (exact) mass is 286 g/mol. The van der Waals surface area contributed by atoms with Crippen molar-refractivity contribution in [3.8, 4) is 0 Å². The lowest BCUT2D eigenvalue weighted by Gasteiger charge is -2.10. The first-order valence-electron chi connectivity index (χ1n) is 5.88. The maximum atomic E-state index is 6.08. The maximum absolute atomic E-state index is 6.08. The van der Waals surface area contributed by atoms with Gasteiger partial charge in [0.25, 0.3) is 0 Å². The second kappa shape index (κ2) is 5.28. The predicted molar refractivity (Wildman–Crippen MR) is 79.9 cm³/mol. The number of aromatic nitrogens is 3. The molecule has 0 spiro atoms. The minimum atomic E-state index is 0.287. The number of nitrogen functional groups attached to an aromatic ring is 1. The second-order valence-corrected chi connectivity index (χ2v) is 4.44. The fourth-order valence-electron chi connectivity index (χ4n) is 1.86. The molecule has 0 aliphatic rings. The van der Waals surface area contributed by atoms with Crippen LogP contribution < -0.4 is 16.6 Å². The van der Waals surface area contributed by atoms with Crippen molar-refractivity contribution >= 4 is 40.0 Å². The molecule has 1 aromatic carbocycles. The summed E-state index contributed by atoms with van der Waals surface area (Å²) in [5, 5.41) is 4.56. The Kier molecular flexibility index (Phi) is 3.32. The Morgan fingerprint density at radius 2 is 2.00 bits per heavy atom. The first-order valence-corrected chi connectivity index (χ1v) is 6.25. The van der Waals surface area contributed by atoms with Gasteiger partial charge in [0.15, 0.2) is 5.82 Å². The Morgan fingerprint density at radius 1 is 1.10 bits per heavy atom. The molecule has 3 aromatic rings. The number of hydrogen-bond donors (Lipinski definition) is 3. The summed E-state index contributed by atoms with van der Waals surface area (Å²) in [6.45, 7) is 0. The van der Waals surface area contributed by atoms with Crippen LogP contribution in [0.2, 0.25) is 5.02 Å². The Bertz CT molecular complexity index is 755. The second-order valence-electron chi connectivity index (χ2n) is 4.04. The molecule has 7 heteroatoms. The van der Waals surface area contributed by atoms with Crippen LogP contribution in [0.3, 0.4) is 0 Å². The molecule has 2 heterocycles. The van der Waals surface area contributed by atoms with Gasteiger partial charge in [0.1, 0.15) is 5.02 Å². The number of nitrogens with zero attached hydrogens (tertiary/aromatic N) is 3. The number of rotatable bonds is 3. The smallest absolute Gasteiger partial charge is 0.239 e. The zero-order chi connectivity index (χ0) is 13.9. The normalized spacial score (nSPS) is 10.5. The minimum Gasteiger partial charge on any atom is -0.338 e. The Labute approximate surface area is 120 Å². The zero-order valence-corrected chi connectivity index (χ0v) is 11.1. The van der Waals surface area contributed by atoms with Gasteiger partial charge in [-0.1, -0.05) is 17.7 Å². The molecule has 0 atom stereocenters. The standard InChI is InChI=1S/C13H11ClN6/c14-9-7-17-13(20-15)19-12(9)18-11-5-1-4-10-8(11)3-2-6-16-10/h1-7H,15H2,(H2,17,18,19,20). The number of fused-ring (bicyclic) bond motifs is 1. The average Bonchev–Trinajstić information content (AvgIpc) is 2.50. The molecular weight excluding hydrogens is 276 g/mol. The highest BCUT2D eigenvalue weighted by molar-refractivity contribution is 6.33. The van der Waals surface area contributed by atoms with Crippen molar-refractivity contribution in [3.63, 3.8) is 0 Å². The lowest BCUT2D eigenvalue weighted by molar-refractivity contribution is 1.12. The van der Waals surface area contributed by atoms with Crippen LogP contribution in [0.5, 0.6) is 0 Å².